The molecule has 4 nitrogen and oxygen atoms in total. The number of hydrogen-bond donors (Lipinski definition) is 2. The van der Waals surface area contributed by atoms with Crippen LogP contribution in [0.5, 0.6) is 0 Å². The molecule has 17 heavy (non-hydrogen) atoms. The molecule has 0 fully saturated rings. The van der Waals surface area contributed by atoms with E-state index in [9.17, 15) is 0 Å². The lowest BCUT2D eigenvalue weighted by molar-refractivity contribution is 0.698. The van der Waals surface area contributed by atoms with Crippen LogP contribution in [0, 0.1) is 13.8 Å². The van der Waals surface area contributed by atoms with E-state index >= 15 is 0 Å². The zero-order valence-electron chi connectivity index (χ0n) is 11.3. The van der Waals surface area contributed by atoms with E-state index in [1.807, 2.05) is 6.92 Å². The second kappa shape index (κ2) is 6.59. The third kappa shape index (κ3) is 4.73. The van der Waals surface area contributed by atoms with Crippen molar-refractivity contribution in [3.8, 4) is 0 Å². The third-order valence-electron chi connectivity index (χ3n) is 2.29. The highest BCUT2D eigenvalue weighted by molar-refractivity contribution is 7.11. The van der Waals surface area contributed by atoms with Gasteiger partial charge in [-0.15, -0.1) is 11.3 Å². The Hall–Kier alpha value is -1.10. The summed E-state index contributed by atoms with van der Waals surface area (Å²) in [6.07, 6.45) is 0.996. The summed E-state index contributed by atoms with van der Waals surface area (Å²) in [7, 11) is 1.79. The highest BCUT2D eigenvalue weighted by Gasteiger charge is 2.05. The molecule has 1 heterocycles. The number of hydrogen-bond acceptors (Lipinski definition) is 3. The van der Waals surface area contributed by atoms with Gasteiger partial charge in [0.1, 0.15) is 0 Å². The predicted octanol–water partition coefficient (Wildman–Crippen LogP) is 1.88. The van der Waals surface area contributed by atoms with Gasteiger partial charge in [-0.25, -0.2) is 4.98 Å². The van der Waals surface area contributed by atoms with E-state index < -0.39 is 0 Å². The van der Waals surface area contributed by atoms with Crippen LogP contribution in [0.15, 0.2) is 4.99 Å². The van der Waals surface area contributed by atoms with Gasteiger partial charge < -0.3 is 10.6 Å². The molecule has 0 spiro atoms. The molecule has 0 aliphatic heterocycles. The van der Waals surface area contributed by atoms with Gasteiger partial charge in [0.25, 0.3) is 0 Å². The van der Waals surface area contributed by atoms with Crippen LogP contribution in [0.2, 0.25) is 0 Å². The first-order valence-electron chi connectivity index (χ1n) is 5.93. The fourth-order valence-electron chi connectivity index (χ4n) is 1.57. The number of aryl methyl sites for hydroxylation is 2. The normalized spacial score (nSPS) is 12.0. The highest BCUT2D eigenvalue weighted by atomic mass is 32.1. The van der Waals surface area contributed by atoms with Crippen molar-refractivity contribution in [3.05, 3.63) is 15.6 Å². The molecule has 0 bridgehead atoms. The van der Waals surface area contributed by atoms with Crippen molar-refractivity contribution in [3.63, 3.8) is 0 Å². The number of rotatable bonds is 4. The second-order valence-corrected chi connectivity index (χ2v) is 5.58. The molecule has 1 aromatic rings. The molecule has 96 valence electrons. The van der Waals surface area contributed by atoms with Crippen molar-refractivity contribution < 1.29 is 0 Å². The van der Waals surface area contributed by atoms with Crippen LogP contribution in [0.3, 0.4) is 0 Å². The molecule has 1 rings (SSSR count). The van der Waals surface area contributed by atoms with Crippen molar-refractivity contribution in [2.45, 2.75) is 40.2 Å². The summed E-state index contributed by atoms with van der Waals surface area (Å²) < 4.78 is 0. The summed E-state index contributed by atoms with van der Waals surface area (Å²) in [4.78, 5) is 9.95. The fraction of sp³-hybridized carbons (Fsp3) is 0.667. The van der Waals surface area contributed by atoms with Gasteiger partial charge in [-0.1, -0.05) is 0 Å². The zero-order valence-corrected chi connectivity index (χ0v) is 12.1. The molecule has 0 amide bonds. The number of thiazole rings is 1. The molecule has 0 saturated heterocycles. The first-order chi connectivity index (χ1) is 8.02. The molecule has 0 aromatic carbocycles. The molecular weight excluding hydrogens is 232 g/mol. The van der Waals surface area contributed by atoms with Gasteiger partial charge in [-0.05, 0) is 27.7 Å². The Morgan fingerprint density at radius 3 is 2.59 bits per heavy atom. The standard InChI is InChI=1S/C12H22N4S/c1-8(2)15-12(13-5)14-7-6-11-9(3)16-10(4)17-11/h8H,6-7H2,1-5H3,(H2,13,14,15). The molecular formula is C12H22N4S. The lowest BCUT2D eigenvalue weighted by Gasteiger charge is -2.13. The van der Waals surface area contributed by atoms with Crippen molar-refractivity contribution in [1.82, 2.24) is 15.6 Å². The molecule has 5 heteroatoms. The Balaban J connectivity index is 2.39. The average Bonchev–Trinajstić information content (AvgIpc) is 2.55. The smallest absolute Gasteiger partial charge is 0.191 e. The molecule has 0 aliphatic carbocycles. The Kier molecular flexibility index (Phi) is 5.41. The van der Waals surface area contributed by atoms with E-state index in [0.717, 1.165) is 29.6 Å². The van der Waals surface area contributed by atoms with Crippen molar-refractivity contribution in [2.24, 2.45) is 4.99 Å². The second-order valence-electron chi connectivity index (χ2n) is 4.29. The molecule has 2 N–H and O–H groups in total. The van der Waals surface area contributed by atoms with Crippen LogP contribution < -0.4 is 10.6 Å². The number of aliphatic imine (C=N–C) groups is 1. The van der Waals surface area contributed by atoms with Crippen LogP contribution >= 0.6 is 11.3 Å². The van der Waals surface area contributed by atoms with Crippen LogP contribution in [0.25, 0.3) is 0 Å². The van der Waals surface area contributed by atoms with Crippen molar-refractivity contribution in [1.29, 1.82) is 0 Å². The van der Waals surface area contributed by atoms with E-state index in [2.05, 4.69) is 41.4 Å². The zero-order chi connectivity index (χ0) is 12.8. The van der Waals surface area contributed by atoms with E-state index in [1.165, 1.54) is 4.88 Å². The summed E-state index contributed by atoms with van der Waals surface area (Å²) in [5, 5.41) is 7.71. The first kappa shape index (κ1) is 14.0. The quantitative estimate of drug-likeness (QED) is 0.637. The summed E-state index contributed by atoms with van der Waals surface area (Å²) in [6, 6.07) is 0.397. The third-order valence-corrected chi connectivity index (χ3v) is 3.43. The number of nitrogens with zero attached hydrogens (tertiary/aromatic N) is 2. The Labute approximate surface area is 108 Å². The molecule has 0 radical (unpaired) electrons. The lowest BCUT2D eigenvalue weighted by Crippen LogP contribution is -2.41. The van der Waals surface area contributed by atoms with E-state index in [-0.39, 0.29) is 0 Å². The number of aromatic nitrogens is 1. The fourth-order valence-corrected chi connectivity index (χ4v) is 2.50. The first-order valence-corrected chi connectivity index (χ1v) is 6.74. The summed E-state index contributed by atoms with van der Waals surface area (Å²) >= 11 is 1.78. The van der Waals surface area contributed by atoms with Gasteiger partial charge in [0, 0.05) is 30.9 Å². The topological polar surface area (TPSA) is 49.3 Å². The minimum atomic E-state index is 0.397. The van der Waals surface area contributed by atoms with E-state index in [0.29, 0.717) is 6.04 Å². The van der Waals surface area contributed by atoms with Crippen LogP contribution in [-0.2, 0) is 6.42 Å². The SMILES string of the molecule is CN=C(NCCc1sc(C)nc1C)NC(C)C. The maximum Gasteiger partial charge on any atom is 0.191 e. The Bertz CT molecular complexity index is 382. The summed E-state index contributed by atoms with van der Waals surface area (Å²) in [5.74, 6) is 0.860. The van der Waals surface area contributed by atoms with Crippen LogP contribution in [-0.4, -0.2) is 30.6 Å². The van der Waals surface area contributed by atoms with Gasteiger partial charge in [-0.3, -0.25) is 4.99 Å². The maximum atomic E-state index is 4.42. The van der Waals surface area contributed by atoms with Crippen molar-refractivity contribution in [2.75, 3.05) is 13.6 Å². The van der Waals surface area contributed by atoms with E-state index in [4.69, 9.17) is 0 Å². The summed E-state index contributed by atoms with van der Waals surface area (Å²) in [5.41, 5.74) is 1.15. The Morgan fingerprint density at radius 1 is 1.41 bits per heavy atom. The Morgan fingerprint density at radius 2 is 2.12 bits per heavy atom. The van der Waals surface area contributed by atoms with Crippen LogP contribution in [0.4, 0.5) is 0 Å². The molecule has 0 saturated carbocycles. The van der Waals surface area contributed by atoms with E-state index in [1.54, 1.807) is 18.4 Å². The van der Waals surface area contributed by atoms with Crippen LogP contribution in [0.1, 0.15) is 29.4 Å². The van der Waals surface area contributed by atoms with Gasteiger partial charge in [0.2, 0.25) is 0 Å². The van der Waals surface area contributed by atoms with Gasteiger partial charge in [0.05, 0.1) is 10.7 Å². The predicted molar refractivity (Wildman–Crippen MR) is 74.9 cm³/mol. The minimum absolute atomic E-state index is 0.397. The molecule has 0 atom stereocenters. The van der Waals surface area contributed by atoms with Gasteiger partial charge in [-0.2, -0.15) is 0 Å². The number of nitrogens with one attached hydrogen (secondary N) is 2. The molecule has 0 aliphatic rings. The van der Waals surface area contributed by atoms with Gasteiger partial charge >= 0.3 is 0 Å². The minimum Gasteiger partial charge on any atom is -0.356 e. The maximum absolute atomic E-state index is 4.42. The molecule has 1 aromatic heterocycles. The number of guanidine groups is 1. The highest BCUT2D eigenvalue weighted by Crippen LogP contribution is 2.16. The van der Waals surface area contributed by atoms with Crippen molar-refractivity contribution >= 4 is 17.3 Å². The molecule has 0 unspecified atom stereocenters. The largest absolute Gasteiger partial charge is 0.356 e. The summed E-state index contributed by atoms with van der Waals surface area (Å²) in [6.45, 7) is 9.20. The average molecular weight is 254 g/mol. The van der Waals surface area contributed by atoms with Gasteiger partial charge in [0.15, 0.2) is 5.96 Å². The monoisotopic (exact) mass is 254 g/mol. The lowest BCUT2D eigenvalue weighted by atomic mass is 10.3.